The summed E-state index contributed by atoms with van der Waals surface area (Å²) in [5, 5.41) is 13.5. The standard InChI is InChI=1S/C16H18N4O5/c1-3-10(2)11-4-6-12(7-5-11)19-13(21)8-25-16-14(20(23)24)15(22)17-9-18-16/h4-7,9-10H,3,8H2,1-2H3,(H,19,21)(H,17,18,22)/t10-/m0/s1. The molecule has 0 unspecified atom stereocenters. The number of anilines is 1. The van der Waals surface area contributed by atoms with E-state index < -0.39 is 34.6 Å². The summed E-state index contributed by atoms with van der Waals surface area (Å²) < 4.78 is 5.01. The number of H-pyrrole nitrogens is 1. The number of carbonyl (C=O) groups excluding carboxylic acids is 1. The zero-order chi connectivity index (χ0) is 18.4. The molecule has 0 aliphatic carbocycles. The number of amides is 1. The van der Waals surface area contributed by atoms with Crippen molar-refractivity contribution in [3.05, 3.63) is 56.6 Å². The summed E-state index contributed by atoms with van der Waals surface area (Å²) in [6.07, 6.45) is 1.98. The highest BCUT2D eigenvalue weighted by Gasteiger charge is 2.22. The highest BCUT2D eigenvalue weighted by molar-refractivity contribution is 5.91. The van der Waals surface area contributed by atoms with Gasteiger partial charge in [-0.2, -0.15) is 4.98 Å². The molecule has 0 aliphatic heterocycles. The van der Waals surface area contributed by atoms with Gasteiger partial charge in [-0.1, -0.05) is 26.0 Å². The number of nitrogens with zero attached hydrogens (tertiary/aromatic N) is 2. The molecule has 2 N–H and O–H groups in total. The number of aromatic nitrogens is 2. The molecule has 9 nitrogen and oxygen atoms in total. The van der Waals surface area contributed by atoms with E-state index in [1.54, 1.807) is 12.1 Å². The number of carbonyl (C=O) groups is 1. The molecule has 2 aromatic rings. The molecule has 0 aliphatic rings. The smallest absolute Gasteiger partial charge is 0.395 e. The molecule has 25 heavy (non-hydrogen) atoms. The van der Waals surface area contributed by atoms with Gasteiger partial charge in [-0.3, -0.25) is 19.7 Å². The lowest BCUT2D eigenvalue weighted by Gasteiger charge is -2.10. The van der Waals surface area contributed by atoms with Gasteiger partial charge < -0.3 is 15.0 Å². The first-order valence-electron chi connectivity index (χ1n) is 7.67. The lowest BCUT2D eigenvalue weighted by molar-refractivity contribution is -0.387. The van der Waals surface area contributed by atoms with Gasteiger partial charge in [-0.15, -0.1) is 0 Å². The maximum atomic E-state index is 11.9. The molecule has 0 saturated heterocycles. The highest BCUT2D eigenvalue weighted by Crippen LogP contribution is 2.21. The van der Waals surface area contributed by atoms with Crippen LogP contribution in [0.2, 0.25) is 0 Å². The lowest BCUT2D eigenvalue weighted by atomic mass is 9.99. The Labute approximate surface area is 143 Å². The molecule has 0 saturated carbocycles. The van der Waals surface area contributed by atoms with E-state index in [1.165, 1.54) is 5.56 Å². The van der Waals surface area contributed by atoms with Crippen molar-refractivity contribution in [3.8, 4) is 5.88 Å². The molecule has 0 fully saturated rings. The Kier molecular flexibility index (Phi) is 5.83. The number of aromatic amines is 1. The van der Waals surface area contributed by atoms with Crippen LogP contribution in [-0.2, 0) is 4.79 Å². The van der Waals surface area contributed by atoms with Crippen molar-refractivity contribution in [2.24, 2.45) is 0 Å². The summed E-state index contributed by atoms with van der Waals surface area (Å²) in [4.78, 5) is 38.9. The number of hydrogen-bond donors (Lipinski definition) is 2. The van der Waals surface area contributed by atoms with Gasteiger partial charge in [0.25, 0.3) is 5.91 Å². The van der Waals surface area contributed by atoms with Gasteiger partial charge in [-0.25, -0.2) is 0 Å². The van der Waals surface area contributed by atoms with Crippen LogP contribution in [0.3, 0.4) is 0 Å². The van der Waals surface area contributed by atoms with Crippen LogP contribution >= 0.6 is 0 Å². The average molecular weight is 346 g/mol. The first-order valence-corrected chi connectivity index (χ1v) is 7.67. The minimum absolute atomic E-state index is 0.427. The minimum atomic E-state index is -0.948. The van der Waals surface area contributed by atoms with Crippen LogP contribution < -0.4 is 15.6 Å². The molecule has 9 heteroatoms. The highest BCUT2D eigenvalue weighted by atomic mass is 16.6. The predicted molar refractivity (Wildman–Crippen MR) is 90.8 cm³/mol. The van der Waals surface area contributed by atoms with E-state index >= 15 is 0 Å². The summed E-state index contributed by atoms with van der Waals surface area (Å²) in [5.41, 5.74) is -0.0432. The molecular formula is C16H18N4O5. The van der Waals surface area contributed by atoms with E-state index in [0.717, 1.165) is 12.7 Å². The van der Waals surface area contributed by atoms with E-state index in [-0.39, 0.29) is 0 Å². The van der Waals surface area contributed by atoms with Crippen LogP contribution in [0.4, 0.5) is 11.4 Å². The van der Waals surface area contributed by atoms with Crippen LogP contribution in [0.15, 0.2) is 35.4 Å². The second-order valence-corrected chi connectivity index (χ2v) is 5.41. The van der Waals surface area contributed by atoms with Crippen molar-refractivity contribution in [1.82, 2.24) is 9.97 Å². The molecule has 0 spiro atoms. The molecule has 1 aromatic heterocycles. The number of benzene rings is 1. The van der Waals surface area contributed by atoms with E-state index in [2.05, 4.69) is 29.1 Å². The van der Waals surface area contributed by atoms with Crippen molar-refractivity contribution in [1.29, 1.82) is 0 Å². The van der Waals surface area contributed by atoms with Gasteiger partial charge in [0.05, 0.1) is 11.3 Å². The van der Waals surface area contributed by atoms with E-state index in [1.807, 2.05) is 12.1 Å². The normalized spacial score (nSPS) is 11.6. The number of ether oxygens (including phenoxy) is 1. The number of nitro groups is 1. The van der Waals surface area contributed by atoms with Crippen LogP contribution in [0.1, 0.15) is 31.7 Å². The Morgan fingerprint density at radius 3 is 2.68 bits per heavy atom. The molecule has 0 radical (unpaired) electrons. The quantitative estimate of drug-likeness (QED) is 0.584. The second kappa shape index (κ2) is 8.04. The van der Waals surface area contributed by atoms with Gasteiger partial charge in [0.2, 0.25) is 0 Å². The maximum Gasteiger partial charge on any atom is 0.395 e. The zero-order valence-corrected chi connectivity index (χ0v) is 13.8. The Bertz CT molecular complexity index is 816. The SMILES string of the molecule is CC[C@H](C)c1ccc(NC(=O)COc2nc[nH]c(=O)c2[N+](=O)[O-])cc1. The molecule has 1 heterocycles. The Hall–Kier alpha value is -3.23. The van der Waals surface area contributed by atoms with Gasteiger partial charge in [0, 0.05) is 5.69 Å². The second-order valence-electron chi connectivity index (χ2n) is 5.41. The van der Waals surface area contributed by atoms with Crippen molar-refractivity contribution in [2.75, 3.05) is 11.9 Å². The Balaban J connectivity index is 1.99. The number of nitrogens with one attached hydrogen (secondary N) is 2. The van der Waals surface area contributed by atoms with E-state index in [4.69, 9.17) is 4.74 Å². The predicted octanol–water partition coefficient (Wildman–Crippen LogP) is 2.21. The number of rotatable bonds is 7. The molecular weight excluding hydrogens is 328 g/mol. The van der Waals surface area contributed by atoms with Crippen molar-refractivity contribution >= 4 is 17.3 Å². The van der Waals surface area contributed by atoms with Gasteiger partial charge in [0.15, 0.2) is 6.61 Å². The third-order valence-corrected chi connectivity index (χ3v) is 3.69. The fourth-order valence-electron chi connectivity index (χ4n) is 2.10. The van der Waals surface area contributed by atoms with E-state index in [9.17, 15) is 19.7 Å². The van der Waals surface area contributed by atoms with Gasteiger partial charge in [-0.05, 0) is 30.0 Å². The average Bonchev–Trinajstić information content (AvgIpc) is 2.59. The zero-order valence-electron chi connectivity index (χ0n) is 13.8. The van der Waals surface area contributed by atoms with Crippen molar-refractivity contribution in [3.63, 3.8) is 0 Å². The molecule has 1 aromatic carbocycles. The molecule has 1 atom stereocenters. The fourth-order valence-corrected chi connectivity index (χ4v) is 2.10. The fraction of sp³-hybridized carbons (Fsp3) is 0.312. The molecule has 0 bridgehead atoms. The van der Waals surface area contributed by atoms with Crippen LogP contribution in [0.5, 0.6) is 5.88 Å². The lowest BCUT2D eigenvalue weighted by Crippen LogP contribution is -2.22. The third-order valence-electron chi connectivity index (χ3n) is 3.69. The van der Waals surface area contributed by atoms with Crippen LogP contribution in [0.25, 0.3) is 0 Å². The Morgan fingerprint density at radius 1 is 1.40 bits per heavy atom. The first kappa shape index (κ1) is 18.1. The number of hydrogen-bond acceptors (Lipinski definition) is 6. The largest absolute Gasteiger partial charge is 0.462 e. The summed E-state index contributed by atoms with van der Waals surface area (Å²) in [6.45, 7) is 3.70. The molecule has 1 amide bonds. The summed E-state index contributed by atoms with van der Waals surface area (Å²) in [6, 6.07) is 7.39. The van der Waals surface area contributed by atoms with Gasteiger partial charge >= 0.3 is 17.1 Å². The van der Waals surface area contributed by atoms with E-state index in [0.29, 0.717) is 11.6 Å². The van der Waals surface area contributed by atoms with Gasteiger partial charge in [0.1, 0.15) is 0 Å². The maximum absolute atomic E-state index is 11.9. The topological polar surface area (TPSA) is 127 Å². The Morgan fingerprint density at radius 2 is 2.08 bits per heavy atom. The van der Waals surface area contributed by atoms with Crippen LogP contribution in [0, 0.1) is 10.1 Å². The summed E-state index contributed by atoms with van der Waals surface area (Å²) in [5.74, 6) is -0.598. The summed E-state index contributed by atoms with van der Waals surface area (Å²) >= 11 is 0. The molecule has 132 valence electrons. The minimum Gasteiger partial charge on any atom is -0.462 e. The van der Waals surface area contributed by atoms with Crippen molar-refractivity contribution in [2.45, 2.75) is 26.2 Å². The third kappa shape index (κ3) is 4.63. The van der Waals surface area contributed by atoms with Crippen LogP contribution in [-0.4, -0.2) is 27.4 Å². The first-order chi connectivity index (χ1) is 11.9. The monoisotopic (exact) mass is 346 g/mol. The van der Waals surface area contributed by atoms with Crippen molar-refractivity contribution < 1.29 is 14.5 Å². The summed E-state index contributed by atoms with van der Waals surface area (Å²) in [7, 11) is 0. The molecule has 2 rings (SSSR count).